The van der Waals surface area contributed by atoms with Gasteiger partial charge < -0.3 is 14.7 Å². The van der Waals surface area contributed by atoms with Gasteiger partial charge in [-0.05, 0) is 50.0 Å². The normalized spacial score (nSPS) is 12.6. The summed E-state index contributed by atoms with van der Waals surface area (Å²) < 4.78 is 5.59. The molecule has 3 heteroatoms. The van der Waals surface area contributed by atoms with Gasteiger partial charge in [0.15, 0.2) is 0 Å². The number of ether oxygens (including phenoxy) is 1. The molecule has 0 saturated carbocycles. The van der Waals surface area contributed by atoms with Crippen LogP contribution in [0.4, 0.5) is 0 Å². The molecule has 1 N–H and O–H groups in total. The van der Waals surface area contributed by atoms with E-state index in [-0.39, 0.29) is 0 Å². The van der Waals surface area contributed by atoms with Crippen molar-refractivity contribution in [2.45, 2.75) is 59.0 Å². The van der Waals surface area contributed by atoms with Crippen LogP contribution >= 0.6 is 0 Å². The second-order valence-corrected chi connectivity index (χ2v) is 5.94. The second-order valence-electron chi connectivity index (χ2n) is 5.94. The molecule has 0 aliphatic rings. The Morgan fingerprint density at radius 3 is 2.05 bits per heavy atom. The van der Waals surface area contributed by atoms with E-state index in [1.54, 1.807) is 0 Å². The molecule has 0 aliphatic heterocycles. The maximum absolute atomic E-state index is 10.5. The van der Waals surface area contributed by atoms with E-state index in [9.17, 15) is 5.11 Å². The number of aliphatic hydroxyl groups is 1. The van der Waals surface area contributed by atoms with Gasteiger partial charge in [0, 0.05) is 6.54 Å². The fourth-order valence-electron chi connectivity index (χ4n) is 2.41. The van der Waals surface area contributed by atoms with E-state index in [4.69, 9.17) is 4.74 Å². The Hall–Kier alpha value is -1.06. The molecule has 3 nitrogen and oxygen atoms in total. The predicted octanol–water partition coefficient (Wildman–Crippen LogP) is 4.41. The van der Waals surface area contributed by atoms with E-state index in [2.05, 4.69) is 25.7 Å². The monoisotopic (exact) mass is 307 g/mol. The molecule has 0 saturated heterocycles. The first-order chi connectivity index (χ1) is 10.7. The molecule has 0 spiro atoms. The third-order valence-electron chi connectivity index (χ3n) is 3.82. The van der Waals surface area contributed by atoms with E-state index in [0.29, 0.717) is 0 Å². The Kier molecular flexibility index (Phi) is 9.93. The largest absolute Gasteiger partial charge is 0.494 e. The van der Waals surface area contributed by atoms with Crippen LogP contribution in [0.3, 0.4) is 0 Å². The van der Waals surface area contributed by atoms with Gasteiger partial charge in [-0.25, -0.2) is 0 Å². The van der Waals surface area contributed by atoms with E-state index >= 15 is 0 Å². The van der Waals surface area contributed by atoms with E-state index in [1.807, 2.05) is 24.3 Å². The minimum Gasteiger partial charge on any atom is -0.494 e. The van der Waals surface area contributed by atoms with Crippen LogP contribution in [0.1, 0.15) is 64.5 Å². The number of aliphatic hydroxyl groups excluding tert-OH is 1. The Labute approximate surface area is 136 Å². The first kappa shape index (κ1) is 19.0. The first-order valence-electron chi connectivity index (χ1n) is 8.84. The highest BCUT2D eigenvalue weighted by molar-refractivity contribution is 5.28. The maximum atomic E-state index is 10.5. The number of benzene rings is 1. The number of unbranched alkanes of at least 4 members (excludes halogenated alkanes) is 2. The fourth-order valence-corrected chi connectivity index (χ4v) is 2.41. The minimum absolute atomic E-state index is 0.422. The van der Waals surface area contributed by atoms with Crippen LogP contribution in [-0.2, 0) is 0 Å². The van der Waals surface area contributed by atoms with Crippen LogP contribution in [0.5, 0.6) is 5.75 Å². The lowest BCUT2D eigenvalue weighted by Crippen LogP contribution is -2.30. The van der Waals surface area contributed by atoms with Gasteiger partial charge in [-0.2, -0.15) is 0 Å². The summed E-state index contributed by atoms with van der Waals surface area (Å²) in [6.45, 7) is 10.1. The Balaban J connectivity index is 2.54. The van der Waals surface area contributed by atoms with Gasteiger partial charge in [0.1, 0.15) is 5.75 Å². The zero-order valence-corrected chi connectivity index (χ0v) is 14.6. The SMILES string of the molecule is CCCCN(CCCC)CC(O)c1ccc(OCCC)cc1. The van der Waals surface area contributed by atoms with Crippen molar-refractivity contribution in [3.63, 3.8) is 0 Å². The summed E-state index contributed by atoms with van der Waals surface area (Å²) in [7, 11) is 0. The second kappa shape index (κ2) is 11.5. The highest BCUT2D eigenvalue weighted by atomic mass is 16.5. The van der Waals surface area contributed by atoms with Crippen molar-refractivity contribution in [2.75, 3.05) is 26.2 Å². The number of hydrogen-bond donors (Lipinski definition) is 1. The predicted molar refractivity (Wildman–Crippen MR) is 93.4 cm³/mol. The van der Waals surface area contributed by atoms with Crippen molar-refractivity contribution in [1.29, 1.82) is 0 Å². The highest BCUT2D eigenvalue weighted by Gasteiger charge is 2.13. The van der Waals surface area contributed by atoms with Gasteiger partial charge in [-0.3, -0.25) is 0 Å². The molecule has 0 radical (unpaired) electrons. The molecule has 1 unspecified atom stereocenters. The maximum Gasteiger partial charge on any atom is 0.119 e. The first-order valence-corrected chi connectivity index (χ1v) is 8.84. The van der Waals surface area contributed by atoms with Gasteiger partial charge in [-0.1, -0.05) is 45.7 Å². The topological polar surface area (TPSA) is 32.7 Å². The average Bonchev–Trinajstić information content (AvgIpc) is 2.55. The number of rotatable bonds is 12. The molecule has 0 heterocycles. The van der Waals surface area contributed by atoms with Crippen LogP contribution < -0.4 is 4.74 Å². The van der Waals surface area contributed by atoms with E-state index in [0.717, 1.165) is 44.0 Å². The van der Waals surface area contributed by atoms with Crippen LogP contribution in [0.15, 0.2) is 24.3 Å². The summed E-state index contributed by atoms with van der Waals surface area (Å²) in [6, 6.07) is 7.87. The van der Waals surface area contributed by atoms with Crippen LogP contribution in [0.2, 0.25) is 0 Å². The Bertz CT molecular complexity index is 370. The molecular formula is C19H33NO2. The van der Waals surface area contributed by atoms with Crippen molar-refractivity contribution >= 4 is 0 Å². The van der Waals surface area contributed by atoms with Crippen molar-refractivity contribution in [3.05, 3.63) is 29.8 Å². The molecule has 1 aromatic carbocycles. The minimum atomic E-state index is -0.422. The van der Waals surface area contributed by atoms with Gasteiger partial charge >= 0.3 is 0 Å². The third-order valence-corrected chi connectivity index (χ3v) is 3.82. The molecule has 1 atom stereocenters. The lowest BCUT2D eigenvalue weighted by Gasteiger charge is -2.25. The summed E-state index contributed by atoms with van der Waals surface area (Å²) in [5.74, 6) is 0.881. The highest BCUT2D eigenvalue weighted by Crippen LogP contribution is 2.19. The van der Waals surface area contributed by atoms with Gasteiger partial charge in [0.25, 0.3) is 0 Å². The van der Waals surface area contributed by atoms with Crippen LogP contribution in [0.25, 0.3) is 0 Å². The third kappa shape index (κ3) is 7.28. The molecule has 0 fully saturated rings. The molecular weight excluding hydrogens is 274 g/mol. The zero-order valence-electron chi connectivity index (χ0n) is 14.6. The van der Waals surface area contributed by atoms with Crippen LogP contribution in [-0.4, -0.2) is 36.2 Å². The zero-order chi connectivity index (χ0) is 16.2. The molecule has 0 aliphatic carbocycles. The summed E-state index contributed by atoms with van der Waals surface area (Å²) in [5, 5.41) is 10.5. The van der Waals surface area contributed by atoms with Crippen molar-refractivity contribution in [3.8, 4) is 5.75 Å². The smallest absolute Gasteiger partial charge is 0.119 e. The van der Waals surface area contributed by atoms with Gasteiger partial charge in [0.05, 0.1) is 12.7 Å². The summed E-state index contributed by atoms with van der Waals surface area (Å²) >= 11 is 0. The van der Waals surface area contributed by atoms with Crippen molar-refractivity contribution in [2.24, 2.45) is 0 Å². The molecule has 22 heavy (non-hydrogen) atoms. The van der Waals surface area contributed by atoms with E-state index < -0.39 is 6.10 Å². The average molecular weight is 307 g/mol. The standard InChI is InChI=1S/C19H33NO2/c1-4-7-13-20(14-8-5-2)16-19(21)17-9-11-18(12-10-17)22-15-6-3/h9-12,19,21H,4-8,13-16H2,1-3H3. The molecule has 0 bridgehead atoms. The van der Waals surface area contributed by atoms with Gasteiger partial charge in [0.2, 0.25) is 0 Å². The fraction of sp³-hybridized carbons (Fsp3) is 0.684. The van der Waals surface area contributed by atoms with E-state index in [1.165, 1.54) is 25.7 Å². The Morgan fingerprint density at radius 2 is 1.55 bits per heavy atom. The molecule has 0 amide bonds. The quantitative estimate of drug-likeness (QED) is 0.621. The number of nitrogens with zero attached hydrogens (tertiary/aromatic N) is 1. The molecule has 1 rings (SSSR count). The Morgan fingerprint density at radius 1 is 0.955 bits per heavy atom. The van der Waals surface area contributed by atoms with Gasteiger partial charge in [-0.15, -0.1) is 0 Å². The molecule has 126 valence electrons. The summed E-state index contributed by atoms with van der Waals surface area (Å²) in [6.07, 6.45) is 5.37. The molecule has 1 aromatic rings. The van der Waals surface area contributed by atoms with Crippen molar-refractivity contribution < 1.29 is 9.84 Å². The summed E-state index contributed by atoms with van der Waals surface area (Å²) in [5.41, 5.74) is 0.974. The lowest BCUT2D eigenvalue weighted by molar-refractivity contribution is 0.111. The van der Waals surface area contributed by atoms with Crippen molar-refractivity contribution in [1.82, 2.24) is 4.90 Å². The lowest BCUT2D eigenvalue weighted by atomic mass is 10.1. The molecule has 0 aromatic heterocycles. The van der Waals surface area contributed by atoms with Crippen LogP contribution in [0, 0.1) is 0 Å². The number of hydrogen-bond acceptors (Lipinski definition) is 3. The summed E-state index contributed by atoms with van der Waals surface area (Å²) in [4.78, 5) is 2.39.